The lowest BCUT2D eigenvalue weighted by atomic mass is 9.74. The van der Waals surface area contributed by atoms with Crippen molar-refractivity contribution < 1.29 is 9.84 Å². The van der Waals surface area contributed by atoms with E-state index in [2.05, 4.69) is 0 Å². The van der Waals surface area contributed by atoms with Gasteiger partial charge in [0.25, 0.3) is 0 Å². The van der Waals surface area contributed by atoms with E-state index >= 15 is 0 Å². The standard InChI is InChI=1S/C11H20O2/c12-11(6-2-1-3-7-11)10-5-4-8-13-9-10/h10,12H,1-9H2. The molecule has 0 radical (unpaired) electrons. The van der Waals surface area contributed by atoms with Gasteiger partial charge in [0.1, 0.15) is 0 Å². The summed E-state index contributed by atoms with van der Waals surface area (Å²) in [4.78, 5) is 0. The molecule has 0 aromatic rings. The van der Waals surface area contributed by atoms with Crippen molar-refractivity contribution in [1.29, 1.82) is 0 Å². The molecule has 13 heavy (non-hydrogen) atoms. The first-order chi connectivity index (χ1) is 6.31. The summed E-state index contributed by atoms with van der Waals surface area (Å²) in [6.07, 6.45) is 8.00. The molecular weight excluding hydrogens is 164 g/mol. The molecule has 0 spiro atoms. The fraction of sp³-hybridized carbons (Fsp3) is 1.00. The number of aliphatic hydroxyl groups is 1. The molecule has 76 valence electrons. The van der Waals surface area contributed by atoms with Crippen molar-refractivity contribution in [2.45, 2.75) is 50.5 Å². The average molecular weight is 184 g/mol. The molecule has 1 aliphatic carbocycles. The van der Waals surface area contributed by atoms with E-state index in [4.69, 9.17) is 4.74 Å². The molecular formula is C11H20O2. The zero-order chi connectivity index (χ0) is 9.15. The summed E-state index contributed by atoms with van der Waals surface area (Å²) in [5, 5.41) is 10.4. The Balaban J connectivity index is 1.94. The van der Waals surface area contributed by atoms with E-state index in [-0.39, 0.29) is 5.60 Å². The molecule has 2 heteroatoms. The number of hydrogen-bond acceptors (Lipinski definition) is 2. The van der Waals surface area contributed by atoms with Gasteiger partial charge in [-0.05, 0) is 25.7 Å². The molecule has 1 aliphatic heterocycles. The second kappa shape index (κ2) is 3.97. The molecule has 1 heterocycles. The van der Waals surface area contributed by atoms with Gasteiger partial charge in [0, 0.05) is 12.5 Å². The summed E-state index contributed by atoms with van der Waals surface area (Å²) in [5.41, 5.74) is -0.376. The van der Waals surface area contributed by atoms with Crippen LogP contribution >= 0.6 is 0 Å². The van der Waals surface area contributed by atoms with Gasteiger partial charge in [-0.2, -0.15) is 0 Å². The molecule has 0 amide bonds. The fourth-order valence-electron chi connectivity index (χ4n) is 2.74. The van der Waals surface area contributed by atoms with E-state index in [1.807, 2.05) is 0 Å². The number of hydrogen-bond donors (Lipinski definition) is 1. The van der Waals surface area contributed by atoms with Crippen molar-refractivity contribution in [2.75, 3.05) is 13.2 Å². The van der Waals surface area contributed by atoms with Crippen LogP contribution in [0.1, 0.15) is 44.9 Å². The minimum Gasteiger partial charge on any atom is -0.390 e. The summed E-state index contributed by atoms with van der Waals surface area (Å²) in [6.45, 7) is 1.68. The van der Waals surface area contributed by atoms with Crippen LogP contribution in [0.25, 0.3) is 0 Å². The van der Waals surface area contributed by atoms with E-state index in [1.54, 1.807) is 0 Å². The molecule has 0 aromatic heterocycles. The first kappa shape index (κ1) is 9.47. The monoisotopic (exact) mass is 184 g/mol. The molecule has 2 nitrogen and oxygen atoms in total. The molecule has 0 bridgehead atoms. The van der Waals surface area contributed by atoms with Crippen LogP contribution in [0.3, 0.4) is 0 Å². The normalized spacial score (nSPS) is 34.4. The molecule has 1 unspecified atom stereocenters. The Labute approximate surface area is 80.3 Å². The lowest BCUT2D eigenvalue weighted by molar-refractivity contribution is -0.0980. The third kappa shape index (κ3) is 2.05. The Morgan fingerprint density at radius 3 is 2.46 bits per heavy atom. The Hall–Kier alpha value is -0.0800. The molecule has 0 aromatic carbocycles. The second-order valence-corrected chi connectivity index (χ2v) is 4.58. The van der Waals surface area contributed by atoms with Crippen LogP contribution in [0, 0.1) is 5.92 Å². The minimum atomic E-state index is -0.376. The van der Waals surface area contributed by atoms with Crippen LogP contribution in [0.15, 0.2) is 0 Å². The van der Waals surface area contributed by atoms with E-state index in [0.29, 0.717) is 5.92 Å². The Morgan fingerprint density at radius 1 is 1.08 bits per heavy atom. The van der Waals surface area contributed by atoms with E-state index in [0.717, 1.165) is 38.9 Å². The van der Waals surface area contributed by atoms with Crippen LogP contribution < -0.4 is 0 Å². The smallest absolute Gasteiger partial charge is 0.0697 e. The van der Waals surface area contributed by atoms with Crippen molar-refractivity contribution in [2.24, 2.45) is 5.92 Å². The summed E-state index contributed by atoms with van der Waals surface area (Å²) in [5.74, 6) is 0.418. The average Bonchev–Trinajstić information content (AvgIpc) is 2.20. The highest BCUT2D eigenvalue weighted by Gasteiger charge is 2.38. The van der Waals surface area contributed by atoms with E-state index < -0.39 is 0 Å². The van der Waals surface area contributed by atoms with Gasteiger partial charge in [0.05, 0.1) is 12.2 Å². The number of rotatable bonds is 1. The zero-order valence-electron chi connectivity index (χ0n) is 8.30. The Bertz CT molecular complexity index is 155. The topological polar surface area (TPSA) is 29.5 Å². The van der Waals surface area contributed by atoms with Gasteiger partial charge in [0.15, 0.2) is 0 Å². The van der Waals surface area contributed by atoms with Crippen LogP contribution in [-0.4, -0.2) is 23.9 Å². The van der Waals surface area contributed by atoms with Gasteiger partial charge in [-0.25, -0.2) is 0 Å². The summed E-state index contributed by atoms with van der Waals surface area (Å²) in [6, 6.07) is 0. The Morgan fingerprint density at radius 2 is 1.85 bits per heavy atom. The van der Waals surface area contributed by atoms with Crippen molar-refractivity contribution in [3.63, 3.8) is 0 Å². The van der Waals surface area contributed by atoms with Crippen LogP contribution in [0.4, 0.5) is 0 Å². The first-order valence-corrected chi connectivity index (χ1v) is 5.61. The molecule has 1 atom stereocenters. The highest BCUT2D eigenvalue weighted by Crippen LogP contribution is 2.37. The molecule has 2 fully saturated rings. The van der Waals surface area contributed by atoms with Crippen LogP contribution in [-0.2, 0) is 4.74 Å². The maximum absolute atomic E-state index is 10.4. The lowest BCUT2D eigenvalue weighted by Crippen LogP contribution is -2.43. The SMILES string of the molecule is OC1(C2CCCOC2)CCCCC1. The fourth-order valence-corrected chi connectivity index (χ4v) is 2.74. The predicted molar refractivity (Wildman–Crippen MR) is 51.6 cm³/mol. The number of ether oxygens (including phenoxy) is 1. The lowest BCUT2D eigenvalue weighted by Gasteiger charge is -2.40. The third-order valence-corrected chi connectivity index (χ3v) is 3.64. The van der Waals surface area contributed by atoms with Crippen molar-refractivity contribution >= 4 is 0 Å². The Kier molecular flexibility index (Phi) is 2.89. The van der Waals surface area contributed by atoms with Gasteiger partial charge in [-0.3, -0.25) is 0 Å². The predicted octanol–water partition coefficient (Wildman–Crippen LogP) is 2.11. The van der Waals surface area contributed by atoms with Crippen LogP contribution in [0.5, 0.6) is 0 Å². The summed E-state index contributed by atoms with van der Waals surface area (Å²) < 4.78 is 5.44. The van der Waals surface area contributed by atoms with E-state index in [1.165, 1.54) is 19.3 Å². The highest BCUT2D eigenvalue weighted by atomic mass is 16.5. The minimum absolute atomic E-state index is 0.376. The summed E-state index contributed by atoms with van der Waals surface area (Å²) >= 11 is 0. The molecule has 1 saturated carbocycles. The third-order valence-electron chi connectivity index (χ3n) is 3.64. The molecule has 1 N–H and O–H groups in total. The zero-order valence-corrected chi connectivity index (χ0v) is 8.30. The maximum atomic E-state index is 10.4. The van der Waals surface area contributed by atoms with Crippen LogP contribution in [0.2, 0.25) is 0 Å². The van der Waals surface area contributed by atoms with Gasteiger partial charge in [0.2, 0.25) is 0 Å². The highest BCUT2D eigenvalue weighted by molar-refractivity contribution is 4.89. The maximum Gasteiger partial charge on any atom is 0.0697 e. The molecule has 2 rings (SSSR count). The quantitative estimate of drug-likeness (QED) is 0.676. The van der Waals surface area contributed by atoms with Gasteiger partial charge in [-0.15, -0.1) is 0 Å². The van der Waals surface area contributed by atoms with Gasteiger partial charge in [-0.1, -0.05) is 19.3 Å². The molecule has 2 aliphatic rings. The van der Waals surface area contributed by atoms with Gasteiger partial charge < -0.3 is 9.84 Å². The first-order valence-electron chi connectivity index (χ1n) is 5.61. The van der Waals surface area contributed by atoms with E-state index in [9.17, 15) is 5.11 Å². The van der Waals surface area contributed by atoms with Crippen molar-refractivity contribution in [3.05, 3.63) is 0 Å². The molecule has 1 saturated heterocycles. The largest absolute Gasteiger partial charge is 0.390 e. The van der Waals surface area contributed by atoms with Crippen molar-refractivity contribution in [1.82, 2.24) is 0 Å². The summed E-state index contributed by atoms with van der Waals surface area (Å²) in [7, 11) is 0. The van der Waals surface area contributed by atoms with Gasteiger partial charge >= 0.3 is 0 Å². The second-order valence-electron chi connectivity index (χ2n) is 4.58. The van der Waals surface area contributed by atoms with Crippen molar-refractivity contribution in [3.8, 4) is 0 Å².